The largest absolute Gasteiger partial charge is 0.490 e. The Balaban J connectivity index is 2.41. The van der Waals surface area contributed by atoms with Gasteiger partial charge in [-0.05, 0) is 0 Å². The van der Waals surface area contributed by atoms with Crippen molar-refractivity contribution in [3.8, 4) is 5.75 Å². The quantitative estimate of drug-likeness (QED) is 0.737. The van der Waals surface area contributed by atoms with Crippen molar-refractivity contribution in [1.29, 1.82) is 0 Å². The Hall–Kier alpha value is -2.09. The minimum absolute atomic E-state index is 0.247. The summed E-state index contributed by atoms with van der Waals surface area (Å²) in [6, 6.07) is -0.553. The van der Waals surface area contributed by atoms with Crippen LogP contribution in [-0.4, -0.2) is 55.8 Å². The van der Waals surface area contributed by atoms with Crippen molar-refractivity contribution in [3.05, 3.63) is 6.33 Å². The molecule has 0 aromatic carbocycles. The number of aromatic nitrogens is 2. The number of hydrogen-bond acceptors (Lipinski definition) is 7. The zero-order valence-corrected chi connectivity index (χ0v) is 10.9. The van der Waals surface area contributed by atoms with Crippen LogP contribution < -0.4 is 20.7 Å². The minimum atomic E-state index is -0.553. The third-order valence-electron chi connectivity index (χ3n) is 2.95. The molecule has 0 saturated carbocycles. The van der Waals surface area contributed by atoms with Crippen molar-refractivity contribution in [2.24, 2.45) is 5.73 Å². The highest BCUT2D eigenvalue weighted by Crippen LogP contribution is 2.33. The first kappa shape index (κ1) is 13.3. The Bertz CT molecular complexity index is 468. The fourth-order valence-electron chi connectivity index (χ4n) is 2.03. The standard InChI is InChI=1S/C11H17N5O3/c1-13-10-8(18-2)11(15-6-14-10)16-3-4-19-5-7(16)9(12)17/h6-7H,3-5H2,1-2H3,(H2,12,17)(H,13,14,15). The van der Waals surface area contributed by atoms with Crippen molar-refractivity contribution in [1.82, 2.24) is 9.97 Å². The maximum absolute atomic E-state index is 11.5. The molecule has 2 rings (SSSR count). The summed E-state index contributed by atoms with van der Waals surface area (Å²) in [7, 11) is 3.27. The molecule has 2 heterocycles. The molecular weight excluding hydrogens is 250 g/mol. The summed E-state index contributed by atoms with van der Waals surface area (Å²) in [5.74, 6) is 1.13. The maximum atomic E-state index is 11.5. The van der Waals surface area contributed by atoms with E-state index in [1.807, 2.05) is 0 Å². The normalized spacial score (nSPS) is 19.1. The SMILES string of the molecule is CNc1ncnc(N2CCOCC2C(N)=O)c1OC. The average molecular weight is 267 g/mol. The molecule has 1 aliphatic rings. The molecule has 0 aliphatic carbocycles. The fraction of sp³-hybridized carbons (Fsp3) is 0.545. The molecule has 1 atom stereocenters. The van der Waals surface area contributed by atoms with Gasteiger partial charge in [-0.15, -0.1) is 0 Å². The molecule has 0 radical (unpaired) electrons. The highest BCUT2D eigenvalue weighted by atomic mass is 16.5. The van der Waals surface area contributed by atoms with E-state index in [-0.39, 0.29) is 6.61 Å². The molecule has 1 unspecified atom stereocenters. The van der Waals surface area contributed by atoms with E-state index < -0.39 is 11.9 Å². The molecule has 0 spiro atoms. The highest BCUT2D eigenvalue weighted by molar-refractivity contribution is 5.84. The van der Waals surface area contributed by atoms with Crippen LogP contribution in [0.1, 0.15) is 0 Å². The van der Waals surface area contributed by atoms with Gasteiger partial charge >= 0.3 is 0 Å². The van der Waals surface area contributed by atoms with Gasteiger partial charge < -0.3 is 25.4 Å². The molecule has 1 aromatic heterocycles. The Morgan fingerprint density at radius 3 is 3.05 bits per heavy atom. The van der Waals surface area contributed by atoms with Gasteiger partial charge in [-0.25, -0.2) is 9.97 Å². The summed E-state index contributed by atoms with van der Waals surface area (Å²) in [5.41, 5.74) is 5.40. The molecule has 104 valence electrons. The van der Waals surface area contributed by atoms with Crippen LogP contribution in [0, 0.1) is 0 Å². The number of rotatable bonds is 4. The number of hydrogen-bond donors (Lipinski definition) is 2. The summed E-state index contributed by atoms with van der Waals surface area (Å²) in [5, 5.41) is 2.92. The van der Waals surface area contributed by atoms with E-state index >= 15 is 0 Å². The second-order valence-electron chi connectivity index (χ2n) is 4.02. The lowest BCUT2D eigenvalue weighted by Gasteiger charge is -2.35. The zero-order chi connectivity index (χ0) is 13.8. The van der Waals surface area contributed by atoms with E-state index in [4.69, 9.17) is 15.2 Å². The minimum Gasteiger partial charge on any atom is -0.490 e. The van der Waals surface area contributed by atoms with Gasteiger partial charge in [0.2, 0.25) is 11.7 Å². The van der Waals surface area contributed by atoms with Crippen molar-refractivity contribution >= 4 is 17.5 Å². The fourth-order valence-corrected chi connectivity index (χ4v) is 2.03. The number of ether oxygens (including phenoxy) is 2. The van der Waals surface area contributed by atoms with E-state index in [1.54, 1.807) is 11.9 Å². The van der Waals surface area contributed by atoms with Gasteiger partial charge in [0, 0.05) is 13.6 Å². The summed E-state index contributed by atoms with van der Waals surface area (Å²) in [4.78, 5) is 21.6. The van der Waals surface area contributed by atoms with Crippen LogP contribution in [0.2, 0.25) is 0 Å². The Labute approximate surface area is 110 Å². The van der Waals surface area contributed by atoms with Crippen molar-refractivity contribution in [2.45, 2.75) is 6.04 Å². The van der Waals surface area contributed by atoms with Crippen LogP contribution >= 0.6 is 0 Å². The number of anilines is 2. The number of carbonyl (C=O) groups excluding carboxylic acids is 1. The molecule has 0 bridgehead atoms. The Kier molecular flexibility index (Phi) is 4.00. The monoisotopic (exact) mass is 267 g/mol. The van der Waals surface area contributed by atoms with Gasteiger partial charge in [0.1, 0.15) is 12.4 Å². The molecule has 3 N–H and O–H groups in total. The lowest BCUT2D eigenvalue weighted by atomic mass is 10.2. The number of morpholine rings is 1. The highest BCUT2D eigenvalue weighted by Gasteiger charge is 2.31. The third kappa shape index (κ3) is 2.53. The zero-order valence-electron chi connectivity index (χ0n) is 10.9. The van der Waals surface area contributed by atoms with E-state index in [1.165, 1.54) is 13.4 Å². The van der Waals surface area contributed by atoms with Gasteiger partial charge in [0.25, 0.3) is 0 Å². The maximum Gasteiger partial charge on any atom is 0.242 e. The number of nitrogens with zero attached hydrogens (tertiary/aromatic N) is 3. The predicted molar refractivity (Wildman–Crippen MR) is 69.3 cm³/mol. The lowest BCUT2D eigenvalue weighted by Crippen LogP contribution is -2.53. The summed E-state index contributed by atoms with van der Waals surface area (Å²) < 4.78 is 10.6. The molecule has 1 aromatic rings. The number of nitrogens with one attached hydrogen (secondary N) is 1. The van der Waals surface area contributed by atoms with E-state index in [0.29, 0.717) is 30.5 Å². The number of amides is 1. The number of nitrogens with two attached hydrogens (primary N) is 1. The molecule has 1 aliphatic heterocycles. The first-order valence-corrected chi connectivity index (χ1v) is 5.89. The lowest BCUT2D eigenvalue weighted by molar-refractivity contribution is -0.121. The average Bonchev–Trinajstić information content (AvgIpc) is 2.46. The van der Waals surface area contributed by atoms with Crippen molar-refractivity contribution in [2.75, 3.05) is 44.1 Å². The van der Waals surface area contributed by atoms with Gasteiger partial charge in [-0.1, -0.05) is 0 Å². The molecule has 1 amide bonds. The molecule has 1 saturated heterocycles. The molecular formula is C11H17N5O3. The van der Waals surface area contributed by atoms with E-state index in [2.05, 4.69) is 15.3 Å². The van der Waals surface area contributed by atoms with Crippen LogP contribution in [0.4, 0.5) is 11.6 Å². The number of methoxy groups -OCH3 is 1. The van der Waals surface area contributed by atoms with Crippen LogP contribution in [-0.2, 0) is 9.53 Å². The number of carbonyl (C=O) groups is 1. The molecule has 19 heavy (non-hydrogen) atoms. The second-order valence-corrected chi connectivity index (χ2v) is 4.02. The Morgan fingerprint density at radius 1 is 1.63 bits per heavy atom. The number of primary amides is 1. The van der Waals surface area contributed by atoms with Crippen LogP contribution in [0.25, 0.3) is 0 Å². The van der Waals surface area contributed by atoms with Gasteiger partial charge in [0.05, 0.1) is 20.3 Å². The first-order valence-electron chi connectivity index (χ1n) is 5.89. The second kappa shape index (κ2) is 5.70. The van der Waals surface area contributed by atoms with Gasteiger partial charge in [-0.3, -0.25) is 4.79 Å². The summed E-state index contributed by atoms with van der Waals surface area (Å²) in [6.45, 7) is 1.27. The Morgan fingerprint density at radius 2 is 2.42 bits per heavy atom. The van der Waals surface area contributed by atoms with Gasteiger partial charge in [0.15, 0.2) is 11.6 Å². The van der Waals surface area contributed by atoms with E-state index in [0.717, 1.165) is 0 Å². The van der Waals surface area contributed by atoms with Crippen LogP contribution in [0.15, 0.2) is 6.33 Å². The third-order valence-corrected chi connectivity index (χ3v) is 2.95. The molecule has 1 fully saturated rings. The summed E-state index contributed by atoms with van der Waals surface area (Å²) in [6.07, 6.45) is 1.41. The van der Waals surface area contributed by atoms with Crippen molar-refractivity contribution < 1.29 is 14.3 Å². The molecule has 8 nitrogen and oxygen atoms in total. The van der Waals surface area contributed by atoms with E-state index in [9.17, 15) is 4.79 Å². The van der Waals surface area contributed by atoms with Crippen molar-refractivity contribution in [3.63, 3.8) is 0 Å². The first-order chi connectivity index (χ1) is 9.19. The predicted octanol–water partition coefficient (Wildman–Crippen LogP) is -0.783. The van der Waals surface area contributed by atoms with Crippen LogP contribution in [0.5, 0.6) is 5.75 Å². The van der Waals surface area contributed by atoms with Gasteiger partial charge in [-0.2, -0.15) is 0 Å². The van der Waals surface area contributed by atoms with Crippen LogP contribution in [0.3, 0.4) is 0 Å². The topological polar surface area (TPSA) is 103 Å². The smallest absolute Gasteiger partial charge is 0.242 e. The summed E-state index contributed by atoms with van der Waals surface area (Å²) >= 11 is 0. The molecule has 8 heteroatoms.